The topological polar surface area (TPSA) is 72.4 Å². The highest BCUT2D eigenvalue weighted by atomic mass is 127. The van der Waals surface area contributed by atoms with Gasteiger partial charge in [0.25, 0.3) is 0 Å². The molecule has 1 N–H and O–H groups in total. The van der Waals surface area contributed by atoms with Crippen LogP contribution in [-0.4, -0.2) is 61.1 Å². The first-order valence-electron chi connectivity index (χ1n) is 13.1. The molecule has 6 rings (SSSR count). The molecule has 2 aromatic carbocycles. The van der Waals surface area contributed by atoms with Gasteiger partial charge in [-0.2, -0.15) is 5.26 Å². The number of carbonyl (C=O) groups is 1. The largest absolute Gasteiger partial charge is 0.379 e. The molecule has 1 aromatic heterocycles. The third-order valence-corrected chi connectivity index (χ3v) is 9.26. The number of fused-ring (bicyclic) bond motifs is 4. The van der Waals surface area contributed by atoms with Gasteiger partial charge >= 0.3 is 0 Å². The summed E-state index contributed by atoms with van der Waals surface area (Å²) in [6.07, 6.45) is 2.22. The van der Waals surface area contributed by atoms with Gasteiger partial charge in [-0.05, 0) is 56.9 Å². The van der Waals surface area contributed by atoms with E-state index in [0.29, 0.717) is 17.2 Å². The van der Waals surface area contributed by atoms with E-state index in [-0.39, 0.29) is 5.78 Å². The Bertz CT molecular complexity index is 1530. The molecule has 0 unspecified atom stereocenters. The summed E-state index contributed by atoms with van der Waals surface area (Å²) in [5, 5.41) is 13.4. The summed E-state index contributed by atoms with van der Waals surface area (Å²) in [6.45, 7) is 9.99. The van der Waals surface area contributed by atoms with Crippen molar-refractivity contribution in [3.8, 4) is 17.2 Å². The van der Waals surface area contributed by atoms with Crippen LogP contribution in [0.5, 0.6) is 0 Å². The van der Waals surface area contributed by atoms with Gasteiger partial charge < -0.3 is 14.6 Å². The number of nitriles is 1. The van der Waals surface area contributed by atoms with E-state index in [1.54, 1.807) is 6.07 Å². The molecule has 0 atom stereocenters. The first-order chi connectivity index (χ1) is 18.4. The van der Waals surface area contributed by atoms with Crippen LogP contribution in [0.3, 0.4) is 0 Å². The molecular formula is C30H29IN4O2S. The van der Waals surface area contributed by atoms with Crippen molar-refractivity contribution in [1.29, 1.82) is 5.26 Å². The number of hydrogen-bond donors (Lipinski definition) is 1. The molecule has 1 aliphatic carbocycles. The number of halogens is 1. The lowest BCUT2D eigenvalue weighted by molar-refractivity contribution is 0.0115. The number of ether oxygens (including phenoxy) is 1. The van der Waals surface area contributed by atoms with Crippen molar-refractivity contribution in [2.45, 2.75) is 38.1 Å². The fourth-order valence-electron chi connectivity index (χ4n) is 6.38. The number of morpholine rings is 1. The Hall–Kier alpha value is -2.50. The quantitative estimate of drug-likeness (QED) is 0.292. The molecule has 3 heterocycles. The first kappa shape index (κ1) is 25.8. The second-order valence-electron chi connectivity index (χ2n) is 10.8. The molecule has 0 spiro atoms. The lowest BCUT2D eigenvalue weighted by Crippen LogP contribution is -2.49. The van der Waals surface area contributed by atoms with Gasteiger partial charge in [-0.25, -0.2) is 0 Å². The average molecular weight is 637 g/mol. The molecule has 38 heavy (non-hydrogen) atoms. The molecule has 6 nitrogen and oxygen atoms in total. The zero-order valence-corrected chi connectivity index (χ0v) is 24.5. The SMILES string of the molecule is CC1(C)c2cc(N3CCC(N4CCOCC4)CC3)c(C#CSI)cc2C(=O)c2c1[nH]c1cc(C#N)ccc21. The van der Waals surface area contributed by atoms with E-state index in [0.717, 1.165) is 91.2 Å². The number of carbonyl (C=O) groups excluding carboxylic acids is 1. The number of nitrogens with zero attached hydrogens (tertiary/aromatic N) is 3. The van der Waals surface area contributed by atoms with Crippen molar-refractivity contribution in [3.05, 3.63) is 63.8 Å². The normalized spacial score (nSPS) is 19.4. The zero-order chi connectivity index (χ0) is 26.4. The molecule has 2 aliphatic heterocycles. The molecule has 3 aliphatic rings. The Morgan fingerprint density at radius 3 is 2.61 bits per heavy atom. The van der Waals surface area contributed by atoms with Gasteiger partial charge in [0, 0.05) is 86.6 Å². The Morgan fingerprint density at radius 2 is 1.89 bits per heavy atom. The molecule has 8 heteroatoms. The van der Waals surface area contributed by atoms with E-state index in [4.69, 9.17) is 4.74 Å². The number of aromatic amines is 1. The number of hydrogen-bond acceptors (Lipinski definition) is 6. The molecule has 3 aromatic rings. The molecule has 0 amide bonds. The van der Waals surface area contributed by atoms with Crippen molar-refractivity contribution in [2.75, 3.05) is 44.3 Å². The molecule has 0 bridgehead atoms. The number of aromatic nitrogens is 1. The number of nitrogens with one attached hydrogen (secondary N) is 1. The number of rotatable bonds is 2. The van der Waals surface area contributed by atoms with Crippen LogP contribution in [0.2, 0.25) is 0 Å². The molecule has 2 fully saturated rings. The van der Waals surface area contributed by atoms with Crippen LogP contribution in [-0.2, 0) is 10.2 Å². The minimum atomic E-state index is -0.407. The van der Waals surface area contributed by atoms with Crippen LogP contribution in [0.25, 0.3) is 10.9 Å². The lowest BCUT2D eigenvalue weighted by atomic mass is 9.70. The van der Waals surface area contributed by atoms with Gasteiger partial charge in [-0.1, -0.05) is 25.8 Å². The van der Waals surface area contributed by atoms with Crippen LogP contribution in [0.1, 0.15) is 65.0 Å². The van der Waals surface area contributed by atoms with Crippen molar-refractivity contribution < 1.29 is 9.53 Å². The standard InChI is InChI=1S/C30H29IN4O2S/c1-30(2)24-17-26(35-8-5-21(6-9-35)34-10-12-37-13-11-34)20(7-14-38-31)16-23(24)28(36)27-22-4-3-19(18-32)15-25(22)33-29(27)30/h3-4,15-17,21,33H,5-6,8-13H2,1-2H3. The van der Waals surface area contributed by atoms with Crippen molar-refractivity contribution >= 4 is 52.5 Å². The highest BCUT2D eigenvalue weighted by Crippen LogP contribution is 2.46. The second-order valence-corrected chi connectivity index (χ2v) is 12.5. The smallest absolute Gasteiger partial charge is 0.195 e. The van der Waals surface area contributed by atoms with Crippen LogP contribution in [0.15, 0.2) is 30.3 Å². The molecule has 0 radical (unpaired) electrons. The minimum absolute atomic E-state index is 0.0213. The predicted molar refractivity (Wildman–Crippen MR) is 161 cm³/mol. The Kier molecular flexibility index (Phi) is 6.94. The van der Waals surface area contributed by atoms with Gasteiger partial charge in [0.15, 0.2) is 5.78 Å². The number of H-pyrrole nitrogens is 1. The van der Waals surface area contributed by atoms with E-state index < -0.39 is 5.41 Å². The summed E-state index contributed by atoms with van der Waals surface area (Å²) in [5.74, 6) is 3.36. The van der Waals surface area contributed by atoms with Crippen LogP contribution in [0, 0.1) is 22.5 Å². The van der Waals surface area contributed by atoms with Crippen molar-refractivity contribution in [2.24, 2.45) is 0 Å². The number of benzene rings is 2. The number of anilines is 1. The summed E-state index contributed by atoms with van der Waals surface area (Å²) in [4.78, 5) is 22.5. The monoisotopic (exact) mass is 636 g/mol. The fraction of sp³-hybridized carbons (Fsp3) is 0.400. The fourth-order valence-corrected chi connectivity index (χ4v) is 6.86. The lowest BCUT2D eigenvalue weighted by Gasteiger charge is -2.41. The van der Waals surface area contributed by atoms with Gasteiger partial charge in [-0.15, -0.1) is 0 Å². The van der Waals surface area contributed by atoms with E-state index >= 15 is 0 Å². The first-order valence-corrected chi connectivity index (χ1v) is 16.4. The highest BCUT2D eigenvalue weighted by Gasteiger charge is 2.41. The second kappa shape index (κ2) is 10.2. The molecule has 194 valence electrons. The maximum atomic E-state index is 14.0. The van der Waals surface area contributed by atoms with Crippen molar-refractivity contribution in [3.63, 3.8) is 0 Å². The van der Waals surface area contributed by atoms with Crippen LogP contribution < -0.4 is 4.90 Å². The van der Waals surface area contributed by atoms with Crippen molar-refractivity contribution in [1.82, 2.24) is 9.88 Å². The van der Waals surface area contributed by atoms with E-state index in [2.05, 4.69) is 73.1 Å². The van der Waals surface area contributed by atoms with Gasteiger partial charge in [-0.3, -0.25) is 9.69 Å². The third-order valence-electron chi connectivity index (χ3n) is 8.43. The summed E-state index contributed by atoms with van der Waals surface area (Å²) in [7, 11) is 1.46. The summed E-state index contributed by atoms with van der Waals surface area (Å²) in [5.41, 5.74) is 6.41. The third kappa shape index (κ3) is 4.32. The summed E-state index contributed by atoms with van der Waals surface area (Å²) < 4.78 is 5.56. The number of piperidine rings is 1. The Balaban J connectivity index is 1.41. The Morgan fingerprint density at radius 1 is 1.13 bits per heavy atom. The van der Waals surface area contributed by atoms with Crippen LogP contribution in [0.4, 0.5) is 5.69 Å². The molecule has 0 saturated carbocycles. The van der Waals surface area contributed by atoms with E-state index in [1.807, 2.05) is 18.2 Å². The summed E-state index contributed by atoms with van der Waals surface area (Å²) in [6, 6.07) is 12.6. The average Bonchev–Trinajstić information content (AvgIpc) is 3.35. The zero-order valence-electron chi connectivity index (χ0n) is 21.6. The van der Waals surface area contributed by atoms with Gasteiger partial charge in [0.05, 0.1) is 36.1 Å². The predicted octanol–water partition coefficient (Wildman–Crippen LogP) is 5.60. The molecule has 2 saturated heterocycles. The van der Waals surface area contributed by atoms with Gasteiger partial charge in [0.1, 0.15) is 0 Å². The van der Waals surface area contributed by atoms with E-state index in [9.17, 15) is 10.1 Å². The van der Waals surface area contributed by atoms with Crippen LogP contribution >= 0.6 is 30.1 Å². The Labute approximate surface area is 239 Å². The molecular weight excluding hydrogens is 607 g/mol. The maximum absolute atomic E-state index is 14.0. The minimum Gasteiger partial charge on any atom is -0.379 e. The number of ketones is 1. The summed E-state index contributed by atoms with van der Waals surface area (Å²) >= 11 is 2.19. The maximum Gasteiger partial charge on any atom is 0.195 e. The van der Waals surface area contributed by atoms with Gasteiger partial charge in [0.2, 0.25) is 0 Å². The highest BCUT2D eigenvalue weighted by molar-refractivity contribution is 14.2. The van der Waals surface area contributed by atoms with E-state index in [1.165, 1.54) is 8.93 Å².